The van der Waals surface area contributed by atoms with E-state index < -0.39 is 0 Å². The lowest BCUT2D eigenvalue weighted by Crippen LogP contribution is -2.54. The Morgan fingerprint density at radius 1 is 1.08 bits per heavy atom. The van der Waals surface area contributed by atoms with Crippen molar-refractivity contribution in [2.75, 3.05) is 13.1 Å². The molecule has 4 heterocycles. The standard InChI is InChI=1S/C27H30ClN5O2S/c1-16-9-19(28)10-22(23(16)15-32-17(2)12-29-13-18(32)3)21-5-7-30-24-11-20(36-26(21)24)14-33-25(34)6-8-31(4)27(33)35/h5-11,17-18,29H,12-15H2,1-4H3/t17-,18-/m0/s1. The van der Waals surface area contributed by atoms with Gasteiger partial charge in [-0.3, -0.25) is 19.2 Å². The van der Waals surface area contributed by atoms with E-state index in [1.54, 1.807) is 18.4 Å². The Morgan fingerprint density at radius 3 is 2.58 bits per heavy atom. The molecular weight excluding hydrogens is 494 g/mol. The van der Waals surface area contributed by atoms with Crippen LogP contribution in [0, 0.1) is 6.92 Å². The van der Waals surface area contributed by atoms with Crippen LogP contribution in [0.3, 0.4) is 0 Å². The first-order valence-electron chi connectivity index (χ1n) is 12.1. The van der Waals surface area contributed by atoms with Crippen LogP contribution in [0.15, 0.2) is 52.3 Å². The highest BCUT2D eigenvalue weighted by Crippen LogP contribution is 2.38. The second kappa shape index (κ2) is 9.94. The maximum absolute atomic E-state index is 12.6. The number of halogens is 1. The third-order valence-corrected chi connectivity index (χ3v) is 8.46. The van der Waals surface area contributed by atoms with Crippen molar-refractivity contribution in [3.8, 4) is 11.1 Å². The molecule has 0 radical (unpaired) electrons. The minimum absolute atomic E-state index is 0.212. The molecule has 0 saturated carbocycles. The maximum atomic E-state index is 12.6. The zero-order valence-electron chi connectivity index (χ0n) is 20.9. The summed E-state index contributed by atoms with van der Waals surface area (Å²) in [5.41, 5.74) is 4.80. The molecule has 36 heavy (non-hydrogen) atoms. The van der Waals surface area contributed by atoms with Crippen molar-refractivity contribution >= 4 is 33.2 Å². The summed E-state index contributed by atoms with van der Waals surface area (Å²) < 4.78 is 3.70. The predicted octanol–water partition coefficient (Wildman–Crippen LogP) is 4.02. The fourth-order valence-electron chi connectivity index (χ4n) is 5.08. The van der Waals surface area contributed by atoms with E-state index in [4.69, 9.17) is 11.6 Å². The number of pyridine rings is 1. The minimum atomic E-state index is -0.333. The van der Waals surface area contributed by atoms with E-state index in [0.717, 1.165) is 51.4 Å². The topological polar surface area (TPSA) is 72.2 Å². The van der Waals surface area contributed by atoms with Crippen molar-refractivity contribution in [3.05, 3.63) is 84.6 Å². The minimum Gasteiger partial charge on any atom is -0.314 e. The first kappa shape index (κ1) is 24.9. The van der Waals surface area contributed by atoms with Gasteiger partial charge in [-0.05, 0) is 61.7 Å². The Kier molecular flexibility index (Phi) is 6.87. The first-order valence-corrected chi connectivity index (χ1v) is 13.3. The van der Waals surface area contributed by atoms with E-state index in [-0.39, 0.29) is 17.8 Å². The molecule has 1 aromatic carbocycles. The number of thiophene rings is 1. The van der Waals surface area contributed by atoms with Crippen molar-refractivity contribution in [1.29, 1.82) is 0 Å². The quantitative estimate of drug-likeness (QED) is 0.428. The first-order chi connectivity index (χ1) is 17.2. The molecule has 1 fully saturated rings. The third kappa shape index (κ3) is 4.66. The van der Waals surface area contributed by atoms with Crippen LogP contribution in [0.5, 0.6) is 0 Å². The molecule has 9 heteroatoms. The summed E-state index contributed by atoms with van der Waals surface area (Å²) in [5, 5.41) is 4.21. The third-order valence-electron chi connectivity index (χ3n) is 7.10. The van der Waals surface area contributed by atoms with Crippen LogP contribution < -0.4 is 16.6 Å². The van der Waals surface area contributed by atoms with Crippen LogP contribution in [0.25, 0.3) is 21.3 Å². The lowest BCUT2D eigenvalue weighted by molar-refractivity contribution is 0.109. The van der Waals surface area contributed by atoms with E-state index in [0.29, 0.717) is 17.1 Å². The van der Waals surface area contributed by atoms with Gasteiger partial charge in [-0.25, -0.2) is 4.79 Å². The molecule has 0 spiro atoms. The number of nitrogens with one attached hydrogen (secondary N) is 1. The van der Waals surface area contributed by atoms with E-state index in [9.17, 15) is 9.59 Å². The molecule has 0 aliphatic carbocycles. The lowest BCUT2D eigenvalue weighted by Gasteiger charge is -2.40. The number of benzene rings is 1. The van der Waals surface area contributed by atoms with E-state index in [1.165, 1.54) is 27.0 Å². The largest absolute Gasteiger partial charge is 0.331 e. The lowest BCUT2D eigenvalue weighted by atomic mass is 9.94. The highest BCUT2D eigenvalue weighted by Gasteiger charge is 2.26. The number of nitrogens with zero attached hydrogens (tertiary/aromatic N) is 4. The van der Waals surface area contributed by atoms with Gasteiger partial charge in [0.15, 0.2) is 0 Å². The zero-order valence-corrected chi connectivity index (χ0v) is 22.5. The summed E-state index contributed by atoms with van der Waals surface area (Å²) >= 11 is 8.14. The van der Waals surface area contributed by atoms with Crippen molar-refractivity contribution < 1.29 is 0 Å². The number of hydrogen-bond acceptors (Lipinski definition) is 6. The van der Waals surface area contributed by atoms with Gasteiger partial charge in [-0.15, -0.1) is 11.3 Å². The number of fused-ring (bicyclic) bond motifs is 1. The molecule has 188 valence electrons. The Labute approximate surface area is 219 Å². The average molecular weight is 524 g/mol. The molecule has 0 amide bonds. The molecule has 5 rings (SSSR count). The highest BCUT2D eigenvalue weighted by atomic mass is 35.5. The SMILES string of the molecule is Cc1cc(Cl)cc(-c2ccnc3cc(Cn4c(=O)ccn(C)c4=O)sc23)c1CN1[C@@H](C)CNC[C@@H]1C. The Morgan fingerprint density at radius 2 is 1.83 bits per heavy atom. The van der Waals surface area contributed by atoms with Gasteiger partial charge in [-0.2, -0.15) is 0 Å². The number of hydrogen-bond donors (Lipinski definition) is 1. The number of aryl methyl sites for hydroxylation is 2. The normalized spacial score (nSPS) is 18.7. The number of piperazine rings is 1. The van der Waals surface area contributed by atoms with Gasteiger partial charge >= 0.3 is 5.69 Å². The molecule has 2 atom stereocenters. The Balaban J connectivity index is 1.60. The van der Waals surface area contributed by atoms with Gasteiger partial charge in [0.1, 0.15) is 0 Å². The van der Waals surface area contributed by atoms with Gasteiger partial charge in [0.25, 0.3) is 5.56 Å². The molecule has 0 bridgehead atoms. The van der Waals surface area contributed by atoms with Gasteiger partial charge in [-0.1, -0.05) is 11.6 Å². The molecule has 1 aliphatic rings. The van der Waals surface area contributed by atoms with Crippen LogP contribution in [0.1, 0.15) is 29.9 Å². The summed E-state index contributed by atoms with van der Waals surface area (Å²) in [7, 11) is 1.64. The van der Waals surface area contributed by atoms with E-state index in [1.807, 2.05) is 30.5 Å². The summed E-state index contributed by atoms with van der Waals surface area (Å²) in [6.07, 6.45) is 3.31. The summed E-state index contributed by atoms with van der Waals surface area (Å²) in [6.45, 7) is 9.64. The Hall–Kier alpha value is -2.78. The van der Waals surface area contributed by atoms with E-state index in [2.05, 4.69) is 36.0 Å². The van der Waals surface area contributed by atoms with Crippen molar-refractivity contribution in [1.82, 2.24) is 24.3 Å². The summed E-state index contributed by atoms with van der Waals surface area (Å²) in [4.78, 5) is 33.0. The van der Waals surface area contributed by atoms with Crippen molar-refractivity contribution in [2.24, 2.45) is 7.05 Å². The molecule has 4 aromatic rings. The fourth-order valence-corrected chi connectivity index (χ4v) is 6.48. The van der Waals surface area contributed by atoms with Crippen LogP contribution in [-0.4, -0.2) is 44.2 Å². The monoisotopic (exact) mass is 523 g/mol. The second-order valence-corrected chi connectivity index (χ2v) is 11.3. The molecule has 1 saturated heterocycles. The summed E-state index contributed by atoms with van der Waals surface area (Å²) in [5.74, 6) is 0. The van der Waals surface area contributed by atoms with Crippen molar-refractivity contribution in [2.45, 2.75) is 45.9 Å². The van der Waals surface area contributed by atoms with Gasteiger partial charge < -0.3 is 9.88 Å². The zero-order chi connectivity index (χ0) is 25.6. The Bertz CT molecular complexity index is 1550. The maximum Gasteiger partial charge on any atom is 0.331 e. The molecule has 1 aliphatic heterocycles. The molecule has 3 aromatic heterocycles. The molecule has 1 N–H and O–H groups in total. The molecule has 0 unspecified atom stereocenters. The van der Waals surface area contributed by atoms with Crippen LogP contribution in [-0.2, 0) is 20.1 Å². The summed E-state index contributed by atoms with van der Waals surface area (Å²) in [6, 6.07) is 10.4. The van der Waals surface area contributed by atoms with Crippen LogP contribution in [0.2, 0.25) is 5.02 Å². The fraction of sp³-hybridized carbons (Fsp3) is 0.370. The van der Waals surface area contributed by atoms with Gasteiger partial charge in [0.2, 0.25) is 0 Å². The van der Waals surface area contributed by atoms with Gasteiger partial charge in [0.05, 0.1) is 16.8 Å². The van der Waals surface area contributed by atoms with Crippen LogP contribution >= 0.6 is 22.9 Å². The predicted molar refractivity (Wildman–Crippen MR) is 147 cm³/mol. The smallest absolute Gasteiger partial charge is 0.314 e. The average Bonchev–Trinajstić information content (AvgIpc) is 3.25. The molecule has 7 nitrogen and oxygen atoms in total. The van der Waals surface area contributed by atoms with Crippen LogP contribution in [0.4, 0.5) is 0 Å². The number of rotatable bonds is 5. The highest BCUT2D eigenvalue weighted by molar-refractivity contribution is 7.19. The second-order valence-electron chi connectivity index (χ2n) is 9.70. The van der Waals surface area contributed by atoms with E-state index >= 15 is 0 Å². The van der Waals surface area contributed by atoms with Gasteiger partial charge in [0, 0.05) is 72.7 Å². The number of aromatic nitrogens is 3. The molecular formula is C27H30ClN5O2S. The van der Waals surface area contributed by atoms with Crippen molar-refractivity contribution in [3.63, 3.8) is 0 Å².